The van der Waals surface area contributed by atoms with E-state index in [4.69, 9.17) is 5.73 Å². The van der Waals surface area contributed by atoms with Crippen molar-refractivity contribution >= 4 is 5.82 Å². The van der Waals surface area contributed by atoms with Crippen LogP contribution in [0.1, 0.15) is 5.56 Å². The lowest BCUT2D eigenvalue weighted by molar-refractivity contribution is 0.629. The summed E-state index contributed by atoms with van der Waals surface area (Å²) in [6.45, 7) is 1.93. The molecule has 0 radical (unpaired) electrons. The molecular formula is C17H16FN3. The largest absolute Gasteiger partial charge is 0.383 e. The van der Waals surface area contributed by atoms with Gasteiger partial charge in [0, 0.05) is 12.6 Å². The van der Waals surface area contributed by atoms with Gasteiger partial charge in [0.25, 0.3) is 0 Å². The van der Waals surface area contributed by atoms with Crippen LogP contribution >= 0.6 is 0 Å². The van der Waals surface area contributed by atoms with Crippen LogP contribution in [-0.2, 0) is 7.05 Å². The fraction of sp³-hybridized carbons (Fsp3) is 0.118. The van der Waals surface area contributed by atoms with Gasteiger partial charge in [-0.1, -0.05) is 42.0 Å². The van der Waals surface area contributed by atoms with E-state index >= 15 is 0 Å². The number of nitrogens with two attached hydrogens (primary N) is 1. The first-order valence-corrected chi connectivity index (χ1v) is 6.72. The molecule has 3 rings (SSSR count). The van der Waals surface area contributed by atoms with Crippen molar-refractivity contribution in [3.05, 3.63) is 59.9 Å². The Kier molecular flexibility index (Phi) is 3.22. The highest BCUT2D eigenvalue weighted by atomic mass is 19.1. The number of aromatic nitrogens is 2. The number of anilines is 1. The summed E-state index contributed by atoms with van der Waals surface area (Å²) in [6, 6.07) is 14.7. The van der Waals surface area contributed by atoms with Gasteiger partial charge >= 0.3 is 0 Å². The summed E-state index contributed by atoms with van der Waals surface area (Å²) in [5, 5.41) is 4.41. The number of hydrogen-bond acceptors (Lipinski definition) is 2. The van der Waals surface area contributed by atoms with Gasteiger partial charge < -0.3 is 5.73 Å². The molecule has 0 aliphatic heterocycles. The lowest BCUT2D eigenvalue weighted by Gasteiger charge is -2.06. The molecule has 106 valence electrons. The van der Waals surface area contributed by atoms with Crippen molar-refractivity contribution in [2.24, 2.45) is 7.05 Å². The van der Waals surface area contributed by atoms with Crippen LogP contribution in [0.25, 0.3) is 22.4 Å². The molecule has 4 heteroatoms. The Morgan fingerprint density at radius 1 is 1.10 bits per heavy atom. The Balaban J connectivity index is 2.29. The smallest absolute Gasteiger partial charge is 0.132 e. The van der Waals surface area contributed by atoms with Gasteiger partial charge in [-0.2, -0.15) is 5.10 Å². The number of nitrogens with zero attached hydrogens (tertiary/aromatic N) is 2. The van der Waals surface area contributed by atoms with Crippen molar-refractivity contribution in [2.45, 2.75) is 6.92 Å². The molecule has 2 N–H and O–H groups in total. The number of hydrogen-bond donors (Lipinski definition) is 1. The molecular weight excluding hydrogens is 265 g/mol. The molecule has 21 heavy (non-hydrogen) atoms. The average molecular weight is 281 g/mol. The molecule has 0 aliphatic carbocycles. The van der Waals surface area contributed by atoms with Crippen LogP contribution in [0.4, 0.5) is 10.2 Å². The number of halogens is 1. The van der Waals surface area contributed by atoms with E-state index in [1.807, 2.05) is 37.3 Å². The molecule has 0 spiro atoms. The SMILES string of the molecule is Cc1ccc(F)c(-c2nn(C)c(N)c2-c2ccccc2)c1. The molecule has 0 unspecified atom stereocenters. The molecule has 0 saturated heterocycles. The molecule has 2 aromatic carbocycles. The summed E-state index contributed by atoms with van der Waals surface area (Å²) >= 11 is 0. The van der Waals surface area contributed by atoms with Gasteiger partial charge in [-0.25, -0.2) is 4.39 Å². The topological polar surface area (TPSA) is 43.8 Å². The third-order valence-electron chi connectivity index (χ3n) is 3.53. The monoisotopic (exact) mass is 281 g/mol. The molecule has 3 aromatic rings. The van der Waals surface area contributed by atoms with Crippen LogP contribution in [-0.4, -0.2) is 9.78 Å². The second-order valence-corrected chi connectivity index (χ2v) is 5.08. The number of nitrogen functional groups attached to an aromatic ring is 1. The number of benzene rings is 2. The van der Waals surface area contributed by atoms with E-state index in [9.17, 15) is 4.39 Å². The zero-order valence-corrected chi connectivity index (χ0v) is 12.0. The molecule has 0 aliphatic rings. The number of aryl methyl sites for hydroxylation is 2. The van der Waals surface area contributed by atoms with Crippen molar-refractivity contribution in [1.82, 2.24) is 9.78 Å². The van der Waals surface area contributed by atoms with E-state index in [0.29, 0.717) is 17.1 Å². The minimum Gasteiger partial charge on any atom is -0.383 e. The van der Waals surface area contributed by atoms with Crippen LogP contribution in [0.2, 0.25) is 0 Å². The van der Waals surface area contributed by atoms with Crippen molar-refractivity contribution in [3.8, 4) is 22.4 Å². The fourth-order valence-electron chi connectivity index (χ4n) is 2.44. The van der Waals surface area contributed by atoms with Gasteiger partial charge in [0.2, 0.25) is 0 Å². The van der Waals surface area contributed by atoms with Gasteiger partial charge in [0.1, 0.15) is 17.3 Å². The van der Waals surface area contributed by atoms with Gasteiger partial charge in [0.15, 0.2) is 0 Å². The standard InChI is InChI=1S/C17H16FN3/c1-11-8-9-14(18)13(10-11)16-15(17(19)21(2)20-16)12-6-4-3-5-7-12/h3-10H,19H2,1-2H3. The summed E-state index contributed by atoms with van der Waals surface area (Å²) < 4.78 is 15.8. The average Bonchev–Trinajstić information content (AvgIpc) is 2.78. The molecule has 0 saturated carbocycles. The first-order valence-electron chi connectivity index (χ1n) is 6.72. The lowest BCUT2D eigenvalue weighted by atomic mass is 9.99. The lowest BCUT2D eigenvalue weighted by Crippen LogP contribution is -1.97. The Hall–Kier alpha value is -2.62. The van der Waals surface area contributed by atoms with Crippen molar-refractivity contribution < 1.29 is 4.39 Å². The molecule has 0 fully saturated rings. The predicted molar refractivity (Wildman–Crippen MR) is 83.2 cm³/mol. The molecule has 1 aromatic heterocycles. The van der Waals surface area contributed by atoms with Crippen LogP contribution in [0.15, 0.2) is 48.5 Å². The van der Waals surface area contributed by atoms with E-state index in [0.717, 1.165) is 16.7 Å². The summed E-state index contributed by atoms with van der Waals surface area (Å²) in [6.07, 6.45) is 0. The third kappa shape index (κ3) is 2.29. The van der Waals surface area contributed by atoms with Gasteiger partial charge in [0.05, 0.1) is 5.56 Å². The Morgan fingerprint density at radius 3 is 2.52 bits per heavy atom. The van der Waals surface area contributed by atoms with Gasteiger partial charge in [-0.05, 0) is 24.6 Å². The Morgan fingerprint density at radius 2 is 1.81 bits per heavy atom. The zero-order chi connectivity index (χ0) is 15.0. The highest BCUT2D eigenvalue weighted by Gasteiger charge is 2.19. The van der Waals surface area contributed by atoms with Crippen molar-refractivity contribution in [1.29, 1.82) is 0 Å². The molecule has 1 heterocycles. The zero-order valence-electron chi connectivity index (χ0n) is 12.0. The minimum atomic E-state index is -0.295. The summed E-state index contributed by atoms with van der Waals surface area (Å²) in [7, 11) is 1.76. The molecule has 0 amide bonds. The van der Waals surface area contributed by atoms with E-state index < -0.39 is 0 Å². The molecule has 0 atom stereocenters. The van der Waals surface area contributed by atoms with E-state index in [1.54, 1.807) is 23.9 Å². The highest BCUT2D eigenvalue weighted by Crippen LogP contribution is 2.37. The van der Waals surface area contributed by atoms with Crippen LogP contribution < -0.4 is 5.73 Å². The quantitative estimate of drug-likeness (QED) is 0.776. The molecule has 0 bridgehead atoms. The minimum absolute atomic E-state index is 0.295. The van der Waals surface area contributed by atoms with Crippen LogP contribution in [0.3, 0.4) is 0 Å². The van der Waals surface area contributed by atoms with Gasteiger partial charge in [-0.15, -0.1) is 0 Å². The highest BCUT2D eigenvalue weighted by molar-refractivity contribution is 5.88. The fourth-order valence-corrected chi connectivity index (χ4v) is 2.44. The van der Waals surface area contributed by atoms with E-state index in [-0.39, 0.29) is 5.82 Å². The summed E-state index contributed by atoms with van der Waals surface area (Å²) in [5.41, 5.74) is 9.86. The number of rotatable bonds is 2. The van der Waals surface area contributed by atoms with E-state index in [1.165, 1.54) is 6.07 Å². The van der Waals surface area contributed by atoms with Crippen molar-refractivity contribution in [2.75, 3.05) is 5.73 Å². The predicted octanol–water partition coefficient (Wildman–Crippen LogP) is 3.78. The maximum atomic E-state index is 14.2. The third-order valence-corrected chi connectivity index (χ3v) is 3.53. The Labute approximate surface area is 122 Å². The van der Waals surface area contributed by atoms with Crippen molar-refractivity contribution in [3.63, 3.8) is 0 Å². The second-order valence-electron chi connectivity index (χ2n) is 5.08. The first-order chi connectivity index (χ1) is 10.1. The normalized spacial score (nSPS) is 10.8. The second kappa shape index (κ2) is 5.05. The maximum absolute atomic E-state index is 14.2. The summed E-state index contributed by atoms with van der Waals surface area (Å²) in [5.74, 6) is 0.230. The molecule has 3 nitrogen and oxygen atoms in total. The van der Waals surface area contributed by atoms with Crippen LogP contribution in [0, 0.1) is 12.7 Å². The maximum Gasteiger partial charge on any atom is 0.132 e. The van der Waals surface area contributed by atoms with E-state index in [2.05, 4.69) is 5.10 Å². The summed E-state index contributed by atoms with van der Waals surface area (Å²) in [4.78, 5) is 0. The van der Waals surface area contributed by atoms with Crippen LogP contribution in [0.5, 0.6) is 0 Å². The van der Waals surface area contributed by atoms with Gasteiger partial charge in [-0.3, -0.25) is 4.68 Å². The Bertz CT molecular complexity index is 791. The first kappa shape index (κ1) is 13.4.